The quantitative estimate of drug-likeness (QED) is 0.295. The number of carbonyl (C=O) groups is 1. The zero-order valence-electron chi connectivity index (χ0n) is 18.7. The SMILES string of the molecule is C=CC(=O)Nc1cccc(-n2c(=O)n(-c3ccc(Oc4cc(F)cc(Cl)c4)cc3)c3cnccc32)c1. The molecule has 36 heavy (non-hydrogen) atoms. The lowest BCUT2D eigenvalue weighted by Crippen LogP contribution is -2.22. The largest absolute Gasteiger partial charge is 0.457 e. The Hall–Kier alpha value is -4.69. The molecule has 0 atom stereocenters. The number of ether oxygens (including phenoxy) is 1. The van der Waals surface area contributed by atoms with Crippen LogP contribution < -0.4 is 15.7 Å². The maximum atomic E-state index is 13.6. The molecule has 0 aliphatic heterocycles. The lowest BCUT2D eigenvalue weighted by atomic mass is 10.2. The number of amides is 1. The number of nitrogens with one attached hydrogen (secondary N) is 1. The minimum atomic E-state index is -0.505. The molecule has 0 aliphatic carbocycles. The van der Waals surface area contributed by atoms with Gasteiger partial charge in [-0.1, -0.05) is 24.2 Å². The Labute approximate surface area is 209 Å². The van der Waals surface area contributed by atoms with Crippen LogP contribution in [-0.2, 0) is 4.79 Å². The molecule has 2 heterocycles. The van der Waals surface area contributed by atoms with Gasteiger partial charge in [0.15, 0.2) is 0 Å². The van der Waals surface area contributed by atoms with Crippen LogP contribution in [0.25, 0.3) is 22.4 Å². The highest BCUT2D eigenvalue weighted by molar-refractivity contribution is 6.30. The molecule has 2 aromatic heterocycles. The van der Waals surface area contributed by atoms with Gasteiger partial charge in [0.05, 0.1) is 28.6 Å². The molecule has 0 bridgehead atoms. The Balaban J connectivity index is 1.55. The number of fused-ring (bicyclic) bond motifs is 1. The normalized spacial score (nSPS) is 10.8. The van der Waals surface area contributed by atoms with E-state index in [4.69, 9.17) is 16.3 Å². The van der Waals surface area contributed by atoms with Crippen LogP contribution in [0.2, 0.25) is 5.02 Å². The molecule has 0 fully saturated rings. The van der Waals surface area contributed by atoms with Crippen LogP contribution in [0.5, 0.6) is 11.5 Å². The van der Waals surface area contributed by atoms with Crippen molar-refractivity contribution in [1.82, 2.24) is 14.1 Å². The van der Waals surface area contributed by atoms with Gasteiger partial charge in [-0.2, -0.15) is 0 Å². The van der Waals surface area contributed by atoms with Crippen molar-refractivity contribution < 1.29 is 13.9 Å². The van der Waals surface area contributed by atoms with Crippen molar-refractivity contribution >= 4 is 34.2 Å². The summed E-state index contributed by atoms with van der Waals surface area (Å²) in [6.07, 6.45) is 4.38. The summed E-state index contributed by atoms with van der Waals surface area (Å²) in [5.41, 5.74) is 2.58. The van der Waals surface area contributed by atoms with Crippen LogP contribution in [0, 0.1) is 5.82 Å². The van der Waals surface area contributed by atoms with Crippen LogP contribution in [0.15, 0.2) is 103 Å². The van der Waals surface area contributed by atoms with Gasteiger partial charge in [-0.05, 0) is 66.7 Å². The van der Waals surface area contributed by atoms with E-state index in [9.17, 15) is 14.0 Å². The molecule has 1 amide bonds. The number of anilines is 1. The van der Waals surface area contributed by atoms with Crippen molar-refractivity contribution in [3.63, 3.8) is 0 Å². The molecule has 7 nitrogen and oxygen atoms in total. The second kappa shape index (κ2) is 9.52. The summed E-state index contributed by atoms with van der Waals surface area (Å²) in [4.78, 5) is 29.6. The molecule has 0 aliphatic rings. The number of hydrogen-bond acceptors (Lipinski definition) is 4. The van der Waals surface area contributed by atoms with Crippen LogP contribution in [0.4, 0.5) is 10.1 Å². The molecule has 5 aromatic rings. The number of hydrogen-bond donors (Lipinski definition) is 1. The van der Waals surface area contributed by atoms with Crippen molar-refractivity contribution in [2.45, 2.75) is 0 Å². The highest BCUT2D eigenvalue weighted by atomic mass is 35.5. The molecule has 5 rings (SSSR count). The van der Waals surface area contributed by atoms with Crippen molar-refractivity contribution in [1.29, 1.82) is 0 Å². The smallest absolute Gasteiger partial charge is 0.338 e. The highest BCUT2D eigenvalue weighted by Gasteiger charge is 2.17. The van der Waals surface area contributed by atoms with E-state index < -0.39 is 5.82 Å². The summed E-state index contributed by atoms with van der Waals surface area (Å²) >= 11 is 5.90. The summed E-state index contributed by atoms with van der Waals surface area (Å²) in [5, 5.41) is 2.93. The minimum absolute atomic E-state index is 0.224. The average molecular weight is 501 g/mol. The maximum Gasteiger partial charge on any atom is 0.338 e. The standard InChI is InChI=1S/C27H18ClFN4O3/c1-2-26(34)31-19-4-3-5-21(15-19)33-24-10-11-30-16-25(24)32(27(33)35)20-6-8-22(9-7-20)36-23-13-17(28)12-18(29)14-23/h2-16H,1H2,(H,31,34). The Morgan fingerprint density at radius 3 is 2.50 bits per heavy atom. The number of rotatable bonds is 6. The molecule has 0 saturated heterocycles. The van der Waals surface area contributed by atoms with Gasteiger partial charge in [-0.3, -0.25) is 18.9 Å². The zero-order valence-corrected chi connectivity index (χ0v) is 19.4. The molecule has 0 saturated carbocycles. The lowest BCUT2D eigenvalue weighted by Gasteiger charge is -2.08. The predicted octanol–water partition coefficient (Wildman–Crippen LogP) is 5.89. The summed E-state index contributed by atoms with van der Waals surface area (Å²) in [6.45, 7) is 3.46. The van der Waals surface area contributed by atoms with Gasteiger partial charge >= 0.3 is 5.69 Å². The Morgan fingerprint density at radius 1 is 0.972 bits per heavy atom. The van der Waals surface area contributed by atoms with E-state index in [0.29, 0.717) is 33.8 Å². The topological polar surface area (TPSA) is 78.2 Å². The third-order valence-electron chi connectivity index (χ3n) is 5.37. The molecule has 0 spiro atoms. The first-order chi connectivity index (χ1) is 17.4. The van der Waals surface area contributed by atoms with E-state index in [-0.39, 0.29) is 22.4 Å². The summed E-state index contributed by atoms with van der Waals surface area (Å²) < 4.78 is 22.4. The molecule has 1 N–H and O–H groups in total. The summed E-state index contributed by atoms with van der Waals surface area (Å²) in [7, 11) is 0. The van der Waals surface area contributed by atoms with E-state index in [1.165, 1.54) is 28.8 Å². The van der Waals surface area contributed by atoms with Gasteiger partial charge in [0.25, 0.3) is 0 Å². The monoisotopic (exact) mass is 500 g/mol. The molecule has 0 unspecified atom stereocenters. The van der Waals surface area contributed by atoms with E-state index in [1.807, 2.05) is 0 Å². The molecule has 178 valence electrons. The number of nitrogens with zero attached hydrogens (tertiary/aromatic N) is 3. The van der Waals surface area contributed by atoms with Crippen molar-refractivity contribution in [3.05, 3.63) is 119 Å². The molecule has 9 heteroatoms. The Morgan fingerprint density at radius 2 is 1.75 bits per heavy atom. The van der Waals surface area contributed by atoms with Crippen LogP contribution in [-0.4, -0.2) is 20.0 Å². The fourth-order valence-electron chi connectivity index (χ4n) is 3.85. The molecular weight excluding hydrogens is 483 g/mol. The first-order valence-corrected chi connectivity index (χ1v) is 11.2. The zero-order chi connectivity index (χ0) is 25.2. The minimum Gasteiger partial charge on any atom is -0.457 e. The molecular formula is C27H18ClFN4O3. The van der Waals surface area contributed by atoms with Gasteiger partial charge in [-0.15, -0.1) is 0 Å². The van der Waals surface area contributed by atoms with Crippen molar-refractivity contribution in [3.8, 4) is 22.9 Å². The number of benzene rings is 3. The summed E-state index contributed by atoms with van der Waals surface area (Å²) in [5.74, 6) is -0.154. The third kappa shape index (κ3) is 4.49. The van der Waals surface area contributed by atoms with Gasteiger partial charge in [-0.25, -0.2) is 9.18 Å². The highest BCUT2D eigenvalue weighted by Crippen LogP contribution is 2.27. The molecule has 3 aromatic carbocycles. The van der Waals surface area contributed by atoms with Crippen LogP contribution >= 0.6 is 11.6 Å². The van der Waals surface area contributed by atoms with Gasteiger partial charge in [0.2, 0.25) is 5.91 Å². The summed E-state index contributed by atoms with van der Waals surface area (Å²) in [6, 6.07) is 19.4. The number of carbonyl (C=O) groups excluding carboxylic acids is 1. The third-order valence-corrected chi connectivity index (χ3v) is 5.58. The fraction of sp³-hybridized carbons (Fsp3) is 0. The van der Waals surface area contributed by atoms with E-state index in [2.05, 4.69) is 16.9 Å². The second-order valence-electron chi connectivity index (χ2n) is 7.76. The first-order valence-electron chi connectivity index (χ1n) is 10.8. The number of halogens is 2. The number of imidazole rings is 1. The Kier molecular flexibility index (Phi) is 6.10. The van der Waals surface area contributed by atoms with Crippen molar-refractivity contribution in [2.75, 3.05) is 5.32 Å². The Bertz CT molecular complexity index is 1660. The first kappa shape index (κ1) is 23.1. The maximum absolute atomic E-state index is 13.6. The van der Waals surface area contributed by atoms with E-state index in [0.717, 1.165) is 0 Å². The fourth-order valence-corrected chi connectivity index (χ4v) is 4.06. The predicted molar refractivity (Wildman–Crippen MR) is 137 cm³/mol. The van der Waals surface area contributed by atoms with E-state index >= 15 is 0 Å². The number of aromatic nitrogens is 3. The van der Waals surface area contributed by atoms with Gasteiger partial charge in [0, 0.05) is 23.0 Å². The van der Waals surface area contributed by atoms with Crippen molar-refractivity contribution in [2.24, 2.45) is 0 Å². The van der Waals surface area contributed by atoms with Gasteiger partial charge in [0.1, 0.15) is 17.3 Å². The van der Waals surface area contributed by atoms with Crippen LogP contribution in [0.1, 0.15) is 0 Å². The lowest BCUT2D eigenvalue weighted by molar-refractivity contribution is -0.111. The van der Waals surface area contributed by atoms with Gasteiger partial charge < -0.3 is 10.1 Å². The van der Waals surface area contributed by atoms with E-state index in [1.54, 1.807) is 71.6 Å². The average Bonchev–Trinajstić information content (AvgIpc) is 3.15. The number of pyridine rings is 1. The second-order valence-corrected chi connectivity index (χ2v) is 8.20. The van der Waals surface area contributed by atoms with Crippen LogP contribution in [0.3, 0.4) is 0 Å². The molecule has 0 radical (unpaired) electrons.